The van der Waals surface area contributed by atoms with Crippen LogP contribution in [-0.4, -0.2) is 36.4 Å². The number of benzene rings is 1. The zero-order chi connectivity index (χ0) is 18.3. The number of guanidine groups is 1. The van der Waals surface area contributed by atoms with Crippen LogP contribution in [0.2, 0.25) is 0 Å². The molecule has 0 aliphatic carbocycles. The molecule has 8 heteroatoms. The van der Waals surface area contributed by atoms with Crippen LogP contribution in [0.25, 0.3) is 0 Å². The molecule has 0 aliphatic rings. The van der Waals surface area contributed by atoms with Gasteiger partial charge in [-0.15, -0.1) is 24.0 Å². The Morgan fingerprint density at radius 1 is 1.31 bits per heavy atom. The molecule has 1 aromatic carbocycles. The van der Waals surface area contributed by atoms with Gasteiger partial charge in [-0.25, -0.2) is 4.99 Å². The van der Waals surface area contributed by atoms with Crippen molar-refractivity contribution in [3.05, 3.63) is 47.9 Å². The molecule has 0 spiro atoms. The van der Waals surface area contributed by atoms with E-state index < -0.39 is 5.60 Å². The zero-order valence-electron chi connectivity index (χ0n) is 15.2. The van der Waals surface area contributed by atoms with Crippen LogP contribution in [0.4, 0.5) is 0 Å². The van der Waals surface area contributed by atoms with Crippen molar-refractivity contribution in [1.29, 1.82) is 0 Å². The number of hydrogen-bond acceptors (Lipinski definition) is 5. The lowest BCUT2D eigenvalue weighted by Crippen LogP contribution is -2.44. The maximum atomic E-state index is 10.5. The summed E-state index contributed by atoms with van der Waals surface area (Å²) in [4.78, 5) is 4.44. The molecule has 2 rings (SSSR count). The van der Waals surface area contributed by atoms with Crippen molar-refractivity contribution in [2.75, 3.05) is 20.2 Å². The first-order valence-electron chi connectivity index (χ1n) is 8.10. The largest absolute Gasteiger partial charge is 0.508 e. The number of aliphatic imine (C=N–C) groups is 1. The van der Waals surface area contributed by atoms with E-state index >= 15 is 0 Å². The molecule has 4 N–H and O–H groups in total. The van der Waals surface area contributed by atoms with Gasteiger partial charge in [0.15, 0.2) is 5.96 Å². The third-order valence-corrected chi connectivity index (χ3v) is 3.69. The fraction of sp³-hybridized carbons (Fsp3) is 0.389. The standard InChI is InChI=1S/C18H25N3O4.HI/c1-4-19-17(21-12-18(2,23)16-6-5-9-25-16)20-11-13-10-14(24-3)7-8-15(13)22;/h5-10,22-23H,4,11-12H2,1-3H3,(H2,19,20,21);1H. The number of ether oxygens (including phenoxy) is 1. The Kier molecular flexibility index (Phi) is 8.73. The van der Waals surface area contributed by atoms with Crippen molar-refractivity contribution in [3.63, 3.8) is 0 Å². The number of methoxy groups -OCH3 is 1. The number of nitrogens with one attached hydrogen (secondary N) is 2. The van der Waals surface area contributed by atoms with Crippen molar-refractivity contribution < 1.29 is 19.4 Å². The zero-order valence-corrected chi connectivity index (χ0v) is 17.5. The van der Waals surface area contributed by atoms with E-state index in [1.807, 2.05) is 6.92 Å². The first kappa shape index (κ1) is 22.1. The number of hydrogen-bond donors (Lipinski definition) is 4. The normalized spacial score (nSPS) is 13.5. The summed E-state index contributed by atoms with van der Waals surface area (Å²) in [5, 5.41) is 26.6. The van der Waals surface area contributed by atoms with Gasteiger partial charge in [-0.05, 0) is 44.2 Å². The van der Waals surface area contributed by atoms with Crippen LogP contribution in [0.5, 0.6) is 11.5 Å². The quantitative estimate of drug-likeness (QED) is 0.279. The van der Waals surface area contributed by atoms with Gasteiger partial charge in [-0.2, -0.15) is 0 Å². The summed E-state index contributed by atoms with van der Waals surface area (Å²) >= 11 is 0. The van der Waals surface area contributed by atoms with E-state index in [0.717, 1.165) is 0 Å². The molecule has 7 nitrogen and oxygen atoms in total. The van der Waals surface area contributed by atoms with Crippen LogP contribution in [0, 0.1) is 0 Å². The van der Waals surface area contributed by atoms with Gasteiger partial charge in [0.05, 0.1) is 26.5 Å². The van der Waals surface area contributed by atoms with Gasteiger partial charge >= 0.3 is 0 Å². The SMILES string of the molecule is CCNC(=NCc1cc(OC)ccc1O)NCC(C)(O)c1ccco1.I. The van der Waals surface area contributed by atoms with Gasteiger partial charge in [0, 0.05) is 12.1 Å². The van der Waals surface area contributed by atoms with E-state index in [4.69, 9.17) is 9.15 Å². The molecule has 0 amide bonds. The van der Waals surface area contributed by atoms with Crippen LogP contribution in [0.3, 0.4) is 0 Å². The first-order chi connectivity index (χ1) is 12.0. The molecule has 0 saturated carbocycles. The van der Waals surface area contributed by atoms with E-state index in [2.05, 4.69) is 15.6 Å². The fourth-order valence-electron chi connectivity index (χ4n) is 2.25. The second-order valence-electron chi connectivity index (χ2n) is 5.79. The minimum atomic E-state index is -1.17. The average molecular weight is 475 g/mol. The van der Waals surface area contributed by atoms with E-state index in [-0.39, 0.29) is 42.8 Å². The van der Waals surface area contributed by atoms with Gasteiger partial charge in [-0.3, -0.25) is 0 Å². The summed E-state index contributed by atoms with van der Waals surface area (Å²) in [5.74, 6) is 1.81. The van der Waals surface area contributed by atoms with Crippen molar-refractivity contribution in [1.82, 2.24) is 10.6 Å². The molecule has 26 heavy (non-hydrogen) atoms. The maximum Gasteiger partial charge on any atom is 0.191 e. The molecule has 0 saturated heterocycles. The molecule has 0 aliphatic heterocycles. The molecule has 1 heterocycles. The van der Waals surface area contributed by atoms with Crippen molar-refractivity contribution in [3.8, 4) is 11.5 Å². The molecule has 1 unspecified atom stereocenters. The van der Waals surface area contributed by atoms with Crippen molar-refractivity contribution in [2.45, 2.75) is 26.0 Å². The van der Waals surface area contributed by atoms with E-state index in [1.165, 1.54) is 6.26 Å². The Bertz CT molecular complexity index is 702. The summed E-state index contributed by atoms with van der Waals surface area (Å²) < 4.78 is 10.4. The molecule has 144 valence electrons. The number of nitrogens with zero attached hydrogens (tertiary/aromatic N) is 1. The van der Waals surface area contributed by atoms with Crippen molar-refractivity contribution in [2.24, 2.45) is 4.99 Å². The smallest absolute Gasteiger partial charge is 0.191 e. The third-order valence-electron chi connectivity index (χ3n) is 3.69. The Morgan fingerprint density at radius 3 is 2.69 bits per heavy atom. The highest BCUT2D eigenvalue weighted by molar-refractivity contribution is 14.0. The molecule has 0 radical (unpaired) electrons. The first-order valence-corrected chi connectivity index (χ1v) is 8.10. The molecule has 2 aromatic rings. The lowest BCUT2D eigenvalue weighted by molar-refractivity contribution is 0.0386. The summed E-state index contributed by atoms with van der Waals surface area (Å²) in [6.45, 7) is 4.76. The van der Waals surface area contributed by atoms with Gasteiger partial charge in [-0.1, -0.05) is 0 Å². The van der Waals surface area contributed by atoms with E-state index in [1.54, 1.807) is 44.4 Å². The number of furan rings is 1. The average Bonchev–Trinajstić information content (AvgIpc) is 3.14. The number of phenols is 1. The number of aliphatic hydroxyl groups is 1. The number of aromatic hydroxyl groups is 1. The lowest BCUT2D eigenvalue weighted by atomic mass is 10.0. The van der Waals surface area contributed by atoms with Gasteiger partial charge < -0.3 is 30.0 Å². The molecular formula is C18H26IN3O4. The predicted molar refractivity (Wildman–Crippen MR) is 111 cm³/mol. The fourth-order valence-corrected chi connectivity index (χ4v) is 2.25. The summed E-state index contributed by atoms with van der Waals surface area (Å²) in [7, 11) is 1.57. The summed E-state index contributed by atoms with van der Waals surface area (Å²) in [5.41, 5.74) is -0.521. The molecular weight excluding hydrogens is 449 g/mol. The Hall–Kier alpha value is -1.94. The molecule has 0 fully saturated rings. The van der Waals surface area contributed by atoms with Gasteiger partial charge in [0.25, 0.3) is 0 Å². The number of phenolic OH excluding ortho intramolecular Hbond substituents is 1. The maximum absolute atomic E-state index is 10.5. The second-order valence-corrected chi connectivity index (χ2v) is 5.79. The number of halogens is 1. The minimum absolute atomic E-state index is 0. The summed E-state index contributed by atoms with van der Waals surface area (Å²) in [6, 6.07) is 8.45. The van der Waals surface area contributed by atoms with Crippen LogP contribution >= 0.6 is 24.0 Å². The van der Waals surface area contributed by atoms with Crippen LogP contribution < -0.4 is 15.4 Å². The molecule has 1 atom stereocenters. The third kappa shape index (κ3) is 6.10. The van der Waals surface area contributed by atoms with Crippen molar-refractivity contribution >= 4 is 29.9 Å². The van der Waals surface area contributed by atoms with Crippen LogP contribution in [-0.2, 0) is 12.1 Å². The van der Waals surface area contributed by atoms with Gasteiger partial charge in [0.2, 0.25) is 0 Å². The predicted octanol–water partition coefficient (Wildman–Crippen LogP) is 2.57. The Balaban J connectivity index is 0.00000338. The highest BCUT2D eigenvalue weighted by Crippen LogP contribution is 2.23. The van der Waals surface area contributed by atoms with Crippen LogP contribution in [0.1, 0.15) is 25.2 Å². The van der Waals surface area contributed by atoms with E-state index in [0.29, 0.717) is 29.6 Å². The highest BCUT2D eigenvalue weighted by atomic mass is 127. The molecule has 0 bridgehead atoms. The monoisotopic (exact) mass is 475 g/mol. The van der Waals surface area contributed by atoms with Gasteiger partial charge in [0.1, 0.15) is 22.9 Å². The molecule has 1 aromatic heterocycles. The second kappa shape index (κ2) is 10.3. The Labute approximate surface area is 170 Å². The Morgan fingerprint density at radius 2 is 2.08 bits per heavy atom. The minimum Gasteiger partial charge on any atom is -0.508 e. The lowest BCUT2D eigenvalue weighted by Gasteiger charge is -2.22. The highest BCUT2D eigenvalue weighted by Gasteiger charge is 2.26. The van der Waals surface area contributed by atoms with E-state index in [9.17, 15) is 10.2 Å². The summed E-state index contributed by atoms with van der Waals surface area (Å²) in [6.07, 6.45) is 1.52. The number of rotatable bonds is 7. The topological polar surface area (TPSA) is 99.3 Å². The van der Waals surface area contributed by atoms with Crippen LogP contribution in [0.15, 0.2) is 46.0 Å².